The normalized spacial score (nSPS) is 20.8. The standard InChI is InChI=1S/C15H29N5O2S/c1-4-5-9-23(21,22)20-8-6-7-13(11-20)10-19-12-14(17-18-19)15(2,3)16/h12-13H,4-11,16H2,1-3H3. The molecule has 1 atom stereocenters. The molecule has 8 heteroatoms. The van der Waals surface area contributed by atoms with Gasteiger partial charge in [-0.25, -0.2) is 12.7 Å². The molecule has 0 aromatic carbocycles. The highest BCUT2D eigenvalue weighted by Gasteiger charge is 2.29. The predicted octanol–water partition coefficient (Wildman–Crippen LogP) is 1.31. The van der Waals surface area contributed by atoms with E-state index in [4.69, 9.17) is 5.73 Å². The fourth-order valence-electron chi connectivity index (χ4n) is 2.83. The zero-order valence-corrected chi connectivity index (χ0v) is 15.2. The van der Waals surface area contributed by atoms with E-state index >= 15 is 0 Å². The van der Waals surface area contributed by atoms with Gasteiger partial charge < -0.3 is 5.73 Å². The van der Waals surface area contributed by atoms with E-state index < -0.39 is 15.6 Å². The third-order valence-electron chi connectivity index (χ3n) is 4.28. The SMILES string of the molecule is CCCCS(=O)(=O)N1CCCC(Cn2cc(C(C)(C)N)nn2)C1. The van der Waals surface area contributed by atoms with Gasteiger partial charge in [0.2, 0.25) is 10.0 Å². The number of piperidine rings is 1. The molecule has 2 N–H and O–H groups in total. The van der Waals surface area contributed by atoms with Crippen molar-refractivity contribution in [2.75, 3.05) is 18.8 Å². The van der Waals surface area contributed by atoms with Gasteiger partial charge in [-0.2, -0.15) is 0 Å². The molecule has 1 aromatic rings. The molecular weight excluding hydrogens is 314 g/mol. The van der Waals surface area contributed by atoms with Crippen molar-refractivity contribution in [1.29, 1.82) is 0 Å². The molecule has 1 saturated heterocycles. The van der Waals surface area contributed by atoms with Gasteiger partial charge in [0, 0.05) is 19.6 Å². The van der Waals surface area contributed by atoms with Gasteiger partial charge in [-0.1, -0.05) is 18.6 Å². The molecule has 1 aliphatic rings. The Balaban J connectivity index is 1.98. The lowest BCUT2D eigenvalue weighted by molar-refractivity contribution is 0.238. The van der Waals surface area contributed by atoms with Crippen molar-refractivity contribution in [2.45, 2.75) is 58.5 Å². The van der Waals surface area contributed by atoms with E-state index in [0.29, 0.717) is 19.6 Å². The van der Waals surface area contributed by atoms with Crippen LogP contribution in [0.4, 0.5) is 0 Å². The Morgan fingerprint density at radius 3 is 2.78 bits per heavy atom. The molecule has 0 aliphatic carbocycles. The minimum absolute atomic E-state index is 0.255. The minimum atomic E-state index is -3.12. The van der Waals surface area contributed by atoms with Gasteiger partial charge in [-0.05, 0) is 39.0 Å². The Hall–Kier alpha value is -0.990. The second-order valence-electron chi connectivity index (χ2n) is 7.08. The number of rotatable bonds is 7. The van der Waals surface area contributed by atoms with Gasteiger partial charge in [-0.3, -0.25) is 4.68 Å². The van der Waals surface area contributed by atoms with Crippen LogP contribution in [-0.4, -0.2) is 46.6 Å². The number of sulfonamides is 1. The summed E-state index contributed by atoms with van der Waals surface area (Å²) >= 11 is 0. The Labute approximate surface area is 139 Å². The van der Waals surface area contributed by atoms with E-state index in [1.54, 1.807) is 8.99 Å². The molecule has 1 unspecified atom stereocenters. The first-order valence-corrected chi connectivity index (χ1v) is 10.0. The summed E-state index contributed by atoms with van der Waals surface area (Å²) in [5, 5.41) is 8.25. The summed E-state index contributed by atoms with van der Waals surface area (Å²) in [5.74, 6) is 0.529. The Morgan fingerprint density at radius 2 is 2.17 bits per heavy atom. The van der Waals surface area contributed by atoms with Crippen molar-refractivity contribution in [3.8, 4) is 0 Å². The zero-order chi connectivity index (χ0) is 17.1. The number of hydrogen-bond acceptors (Lipinski definition) is 5. The van der Waals surface area contributed by atoms with Crippen molar-refractivity contribution >= 4 is 10.0 Å². The molecule has 132 valence electrons. The Kier molecular flexibility index (Phi) is 5.80. The van der Waals surface area contributed by atoms with Gasteiger partial charge in [0.05, 0.1) is 17.5 Å². The lowest BCUT2D eigenvalue weighted by atomic mass is 9.99. The average Bonchev–Trinajstić information content (AvgIpc) is 2.94. The van der Waals surface area contributed by atoms with Crippen LogP contribution >= 0.6 is 0 Å². The van der Waals surface area contributed by atoms with Crippen LogP contribution in [0.1, 0.15) is 52.1 Å². The molecule has 0 bridgehead atoms. The van der Waals surface area contributed by atoms with Crippen molar-refractivity contribution in [3.05, 3.63) is 11.9 Å². The molecule has 0 saturated carbocycles. The van der Waals surface area contributed by atoms with E-state index in [1.807, 2.05) is 27.0 Å². The summed E-state index contributed by atoms with van der Waals surface area (Å²) in [6.07, 6.45) is 5.40. The summed E-state index contributed by atoms with van der Waals surface area (Å²) in [6.45, 7) is 7.70. The van der Waals surface area contributed by atoms with Gasteiger partial charge in [0.15, 0.2) is 0 Å². The molecule has 1 aliphatic heterocycles. The summed E-state index contributed by atoms with van der Waals surface area (Å²) in [7, 11) is -3.12. The van der Waals surface area contributed by atoms with Crippen LogP contribution in [0.3, 0.4) is 0 Å². The third-order valence-corrected chi connectivity index (χ3v) is 6.20. The fraction of sp³-hybridized carbons (Fsp3) is 0.867. The third kappa shape index (κ3) is 4.99. The second kappa shape index (κ2) is 7.27. The van der Waals surface area contributed by atoms with Crippen LogP contribution in [0.2, 0.25) is 0 Å². The maximum absolute atomic E-state index is 12.4. The largest absolute Gasteiger partial charge is 0.320 e. The van der Waals surface area contributed by atoms with Gasteiger partial charge in [-0.15, -0.1) is 5.10 Å². The topological polar surface area (TPSA) is 94.1 Å². The molecule has 2 heterocycles. The van der Waals surface area contributed by atoms with E-state index in [0.717, 1.165) is 31.4 Å². The monoisotopic (exact) mass is 343 g/mol. The van der Waals surface area contributed by atoms with Crippen LogP contribution < -0.4 is 5.73 Å². The molecule has 0 spiro atoms. The highest BCUT2D eigenvalue weighted by atomic mass is 32.2. The smallest absolute Gasteiger partial charge is 0.214 e. The molecule has 1 fully saturated rings. The van der Waals surface area contributed by atoms with Crippen molar-refractivity contribution in [2.24, 2.45) is 11.7 Å². The predicted molar refractivity (Wildman–Crippen MR) is 90.2 cm³/mol. The summed E-state index contributed by atoms with van der Waals surface area (Å²) in [4.78, 5) is 0. The highest BCUT2D eigenvalue weighted by Crippen LogP contribution is 2.22. The lowest BCUT2D eigenvalue weighted by Gasteiger charge is -2.31. The molecule has 2 rings (SSSR count). The van der Waals surface area contributed by atoms with E-state index in [2.05, 4.69) is 10.3 Å². The van der Waals surface area contributed by atoms with E-state index in [1.165, 1.54) is 0 Å². The van der Waals surface area contributed by atoms with Crippen molar-refractivity contribution in [1.82, 2.24) is 19.3 Å². The van der Waals surface area contributed by atoms with Crippen LogP contribution in [0.25, 0.3) is 0 Å². The fourth-order valence-corrected chi connectivity index (χ4v) is 4.59. The van der Waals surface area contributed by atoms with Gasteiger partial charge in [0.1, 0.15) is 5.69 Å². The zero-order valence-electron chi connectivity index (χ0n) is 14.4. The quantitative estimate of drug-likeness (QED) is 0.805. The summed E-state index contributed by atoms with van der Waals surface area (Å²) < 4.78 is 28.1. The number of aromatic nitrogens is 3. The van der Waals surface area contributed by atoms with E-state index in [9.17, 15) is 8.42 Å². The maximum Gasteiger partial charge on any atom is 0.214 e. The molecule has 0 amide bonds. The number of unbranched alkanes of at least 4 members (excludes halogenated alkanes) is 1. The first-order valence-electron chi connectivity index (χ1n) is 8.39. The van der Waals surface area contributed by atoms with Crippen LogP contribution in [0.15, 0.2) is 6.20 Å². The molecule has 23 heavy (non-hydrogen) atoms. The molecule has 0 radical (unpaired) electrons. The molecule has 7 nitrogen and oxygen atoms in total. The van der Waals surface area contributed by atoms with Crippen LogP contribution in [-0.2, 0) is 22.1 Å². The summed E-state index contributed by atoms with van der Waals surface area (Å²) in [5.41, 5.74) is 6.26. The Bertz CT molecular complexity index is 606. The van der Waals surface area contributed by atoms with Gasteiger partial charge in [0.25, 0.3) is 0 Å². The number of hydrogen-bond donors (Lipinski definition) is 1. The minimum Gasteiger partial charge on any atom is -0.320 e. The summed E-state index contributed by atoms with van der Waals surface area (Å²) in [6, 6.07) is 0. The van der Waals surface area contributed by atoms with Gasteiger partial charge >= 0.3 is 0 Å². The highest BCUT2D eigenvalue weighted by molar-refractivity contribution is 7.89. The lowest BCUT2D eigenvalue weighted by Crippen LogP contribution is -2.42. The van der Waals surface area contributed by atoms with Crippen LogP contribution in [0.5, 0.6) is 0 Å². The first-order chi connectivity index (χ1) is 10.7. The van der Waals surface area contributed by atoms with Crippen molar-refractivity contribution in [3.63, 3.8) is 0 Å². The number of nitrogens with zero attached hydrogens (tertiary/aromatic N) is 4. The van der Waals surface area contributed by atoms with Crippen molar-refractivity contribution < 1.29 is 8.42 Å². The second-order valence-corrected chi connectivity index (χ2v) is 9.17. The average molecular weight is 343 g/mol. The maximum atomic E-state index is 12.4. The Morgan fingerprint density at radius 1 is 1.43 bits per heavy atom. The number of nitrogens with two attached hydrogens (primary N) is 1. The van der Waals surface area contributed by atoms with Crippen LogP contribution in [0, 0.1) is 5.92 Å². The van der Waals surface area contributed by atoms with E-state index in [-0.39, 0.29) is 11.7 Å². The first kappa shape index (κ1) is 18.4. The molecular formula is C15H29N5O2S. The molecule has 1 aromatic heterocycles.